The van der Waals surface area contributed by atoms with Crippen molar-refractivity contribution in [2.75, 3.05) is 44.7 Å². The summed E-state index contributed by atoms with van der Waals surface area (Å²) in [4.78, 5) is 71.8. The minimum atomic E-state index is -0.974. The number of nitriles is 1. The van der Waals surface area contributed by atoms with Gasteiger partial charge in [-0.15, -0.1) is 0 Å². The summed E-state index contributed by atoms with van der Waals surface area (Å²) in [5, 5.41) is 11.9. The van der Waals surface area contributed by atoms with Crippen molar-refractivity contribution in [3.05, 3.63) is 93.5 Å². The molecular weight excluding hydrogens is 792 g/mol. The number of nitrogens with one attached hydrogen (secondary N) is 1. The number of imide groups is 2. The lowest BCUT2D eigenvalue weighted by Gasteiger charge is -2.42. The van der Waals surface area contributed by atoms with Gasteiger partial charge in [-0.05, 0) is 119 Å². The van der Waals surface area contributed by atoms with Crippen LogP contribution < -0.4 is 15.0 Å². The summed E-state index contributed by atoms with van der Waals surface area (Å²) in [6.45, 7) is 6.41. The molecule has 61 heavy (non-hydrogen) atoms. The van der Waals surface area contributed by atoms with Crippen LogP contribution >= 0.6 is 11.6 Å². The van der Waals surface area contributed by atoms with Gasteiger partial charge in [0.05, 0.1) is 21.7 Å². The summed E-state index contributed by atoms with van der Waals surface area (Å²) in [6.07, 6.45) is 7.24. The molecule has 4 unspecified atom stereocenters. The number of halogens is 1. The first-order valence-electron chi connectivity index (χ1n) is 21.6. The van der Waals surface area contributed by atoms with E-state index in [1.807, 2.05) is 37.4 Å². The first-order chi connectivity index (χ1) is 29.5. The molecule has 3 aromatic rings. The van der Waals surface area contributed by atoms with E-state index in [-0.39, 0.29) is 30.8 Å². The highest BCUT2D eigenvalue weighted by atomic mass is 35.5. The third kappa shape index (κ3) is 9.03. The van der Waals surface area contributed by atoms with E-state index >= 15 is 0 Å². The lowest BCUT2D eigenvalue weighted by atomic mass is 9.79. The van der Waals surface area contributed by atoms with Crippen LogP contribution in [0.1, 0.15) is 107 Å². The van der Waals surface area contributed by atoms with Gasteiger partial charge < -0.3 is 19.4 Å². The van der Waals surface area contributed by atoms with E-state index in [0.717, 1.165) is 87.3 Å². The maximum Gasteiger partial charge on any atom is 0.262 e. The highest BCUT2D eigenvalue weighted by Crippen LogP contribution is 2.36. The molecule has 12 nitrogen and oxygen atoms in total. The van der Waals surface area contributed by atoms with Gasteiger partial charge in [0.2, 0.25) is 11.8 Å². The Labute approximate surface area is 362 Å². The topological polar surface area (TPSA) is 143 Å². The van der Waals surface area contributed by atoms with Crippen molar-refractivity contribution in [2.24, 2.45) is 17.8 Å². The van der Waals surface area contributed by atoms with E-state index in [2.05, 4.69) is 40.0 Å². The number of nitrogens with zero attached hydrogens (tertiary/aromatic N) is 5. The first kappa shape index (κ1) is 42.0. The van der Waals surface area contributed by atoms with Gasteiger partial charge in [0, 0.05) is 73.9 Å². The van der Waals surface area contributed by atoms with Gasteiger partial charge in [-0.3, -0.25) is 34.2 Å². The number of carbonyl (C=O) groups excluding carboxylic acids is 5. The molecule has 4 atom stereocenters. The quantitative estimate of drug-likeness (QED) is 0.204. The molecule has 4 fully saturated rings. The van der Waals surface area contributed by atoms with Crippen molar-refractivity contribution in [1.82, 2.24) is 20.0 Å². The SMILES string of the molecule is CC1CCCC(CN(C)C(=O)c2ccc(C#CC3CCN(C4CCN(c5ccc6c(c5)C(=O)N(C5CCC(=O)NC5=O)C6=O)CC4)CC3)cc2)C1Oc1ccc(C#N)c(Cl)c1. The fourth-order valence-corrected chi connectivity index (χ4v) is 10.0. The maximum absolute atomic E-state index is 13.5. The number of carbonyl (C=O) groups is 5. The molecule has 0 radical (unpaired) electrons. The highest BCUT2D eigenvalue weighted by Gasteiger charge is 2.45. The fraction of sp³-hybridized carbons (Fsp3) is 0.458. The van der Waals surface area contributed by atoms with Crippen molar-refractivity contribution < 1.29 is 28.7 Å². The summed E-state index contributed by atoms with van der Waals surface area (Å²) in [5.41, 5.74) is 3.43. The number of fused-ring (bicyclic) bond motifs is 1. The second kappa shape index (κ2) is 18.1. The Kier molecular flexibility index (Phi) is 12.5. The molecule has 4 aliphatic heterocycles. The Morgan fingerprint density at radius 2 is 1.62 bits per heavy atom. The summed E-state index contributed by atoms with van der Waals surface area (Å²) in [6, 6.07) is 19.7. The monoisotopic (exact) mass is 842 g/mol. The van der Waals surface area contributed by atoms with Crippen LogP contribution in [0.25, 0.3) is 0 Å². The molecule has 316 valence electrons. The zero-order valence-corrected chi connectivity index (χ0v) is 35.5. The van der Waals surface area contributed by atoms with Crippen LogP contribution in [0, 0.1) is 40.9 Å². The molecule has 1 N–H and O–H groups in total. The number of ether oxygens (including phenoxy) is 1. The van der Waals surface area contributed by atoms with E-state index < -0.39 is 29.7 Å². The zero-order chi connectivity index (χ0) is 42.8. The lowest BCUT2D eigenvalue weighted by Crippen LogP contribution is -2.54. The predicted octanol–water partition coefficient (Wildman–Crippen LogP) is 6.30. The van der Waals surface area contributed by atoms with Gasteiger partial charge in [0.25, 0.3) is 17.7 Å². The molecular formula is C48H51ClN6O6. The molecule has 8 rings (SSSR count). The largest absolute Gasteiger partial charge is 0.490 e. The maximum atomic E-state index is 13.5. The Morgan fingerprint density at radius 3 is 2.33 bits per heavy atom. The van der Waals surface area contributed by atoms with Crippen molar-refractivity contribution in [1.29, 1.82) is 5.26 Å². The lowest BCUT2D eigenvalue weighted by molar-refractivity contribution is -0.136. The third-order valence-corrected chi connectivity index (χ3v) is 13.6. The number of hydrogen-bond acceptors (Lipinski definition) is 9. The normalized spacial score (nSPS) is 23.8. The summed E-state index contributed by atoms with van der Waals surface area (Å²) in [5.74, 6) is 6.28. The highest BCUT2D eigenvalue weighted by molar-refractivity contribution is 6.31. The van der Waals surface area contributed by atoms with Gasteiger partial charge in [0.15, 0.2) is 0 Å². The van der Waals surface area contributed by atoms with E-state index in [1.165, 1.54) is 0 Å². The van der Waals surface area contributed by atoms with E-state index in [1.54, 1.807) is 35.2 Å². The molecule has 0 aromatic heterocycles. The summed E-state index contributed by atoms with van der Waals surface area (Å²) >= 11 is 6.28. The van der Waals surface area contributed by atoms with Crippen molar-refractivity contribution in [2.45, 2.75) is 82.9 Å². The first-order valence-corrected chi connectivity index (χ1v) is 21.9. The fourth-order valence-electron chi connectivity index (χ4n) is 9.81. The molecule has 1 aliphatic carbocycles. The number of piperidine rings is 3. The molecule has 5 aliphatic rings. The van der Waals surface area contributed by atoms with E-state index in [4.69, 9.17) is 16.3 Å². The van der Waals surface area contributed by atoms with Gasteiger partial charge in [-0.25, -0.2) is 0 Å². The molecule has 0 spiro atoms. The number of likely N-dealkylation sites (tertiary alicyclic amines) is 1. The van der Waals surface area contributed by atoms with E-state index in [0.29, 0.717) is 57.4 Å². The summed E-state index contributed by atoms with van der Waals surface area (Å²) < 4.78 is 6.45. The Bertz CT molecular complexity index is 2320. The molecule has 3 saturated heterocycles. The average molecular weight is 843 g/mol. The number of anilines is 1. The second-order valence-corrected chi connectivity index (χ2v) is 17.6. The van der Waals surface area contributed by atoms with Crippen molar-refractivity contribution in [3.8, 4) is 23.7 Å². The van der Waals surface area contributed by atoms with Crippen LogP contribution in [-0.4, -0.2) is 102 Å². The van der Waals surface area contributed by atoms with Crippen LogP contribution in [0.2, 0.25) is 5.02 Å². The molecule has 13 heteroatoms. The Balaban J connectivity index is 0.792. The van der Waals surface area contributed by atoms with Crippen molar-refractivity contribution >= 4 is 46.8 Å². The van der Waals surface area contributed by atoms with Crippen molar-refractivity contribution in [3.63, 3.8) is 0 Å². The zero-order valence-electron chi connectivity index (χ0n) is 34.7. The predicted molar refractivity (Wildman–Crippen MR) is 230 cm³/mol. The number of rotatable bonds is 8. The van der Waals surface area contributed by atoms with Crippen LogP contribution in [0.4, 0.5) is 5.69 Å². The van der Waals surface area contributed by atoms with Gasteiger partial charge in [0.1, 0.15) is 24.0 Å². The van der Waals surface area contributed by atoms with Crippen LogP contribution in [0.15, 0.2) is 60.7 Å². The van der Waals surface area contributed by atoms with Gasteiger partial charge in [-0.2, -0.15) is 5.26 Å². The molecule has 5 amide bonds. The smallest absolute Gasteiger partial charge is 0.262 e. The minimum absolute atomic E-state index is 0.0339. The van der Waals surface area contributed by atoms with Gasteiger partial charge in [-0.1, -0.05) is 36.8 Å². The standard InChI is InChI=1S/C48H51ClN6O6/c1-30-4-3-5-35(44(30)61-38-14-12-34(28-50)41(49)27-38)29-52(2)46(58)33-10-8-31(9-11-33)6-7-32-18-22-53(23-19-32)36-20-24-54(25-21-36)37-13-15-39-40(26-37)48(60)55(47(39)59)42-16-17-43(56)51-45(42)57/h8-15,26-27,30,32,35-36,42,44H,3-5,16-25,29H2,1-2H3,(H,51,56,57). The Hall–Kier alpha value is -5.69. The number of amides is 5. The number of hydrogen-bond donors (Lipinski definition) is 1. The minimum Gasteiger partial charge on any atom is -0.490 e. The number of benzene rings is 3. The van der Waals surface area contributed by atoms with E-state index in [9.17, 15) is 29.2 Å². The molecule has 4 heterocycles. The molecule has 1 saturated carbocycles. The molecule has 0 bridgehead atoms. The second-order valence-electron chi connectivity index (χ2n) is 17.2. The van der Waals surface area contributed by atoms with Crippen LogP contribution in [0.3, 0.4) is 0 Å². The average Bonchev–Trinajstić information content (AvgIpc) is 3.52. The Morgan fingerprint density at radius 1 is 0.885 bits per heavy atom. The van der Waals surface area contributed by atoms with Crippen LogP contribution in [-0.2, 0) is 9.59 Å². The summed E-state index contributed by atoms with van der Waals surface area (Å²) in [7, 11) is 1.85. The van der Waals surface area contributed by atoms with Gasteiger partial charge >= 0.3 is 0 Å². The van der Waals surface area contributed by atoms with Crippen LogP contribution in [0.5, 0.6) is 5.75 Å². The third-order valence-electron chi connectivity index (χ3n) is 13.3. The molecule has 3 aromatic carbocycles.